The molecule has 0 saturated carbocycles. The molecule has 0 amide bonds. The van der Waals surface area contributed by atoms with Crippen LogP contribution in [0.3, 0.4) is 0 Å². The molecule has 126 valence electrons. The smallest absolute Gasteiger partial charge is 0.0573 e. The molecule has 3 aliphatic carbocycles. The maximum absolute atomic E-state index is 3.32. The van der Waals surface area contributed by atoms with Crippen molar-refractivity contribution in [3.05, 3.63) is 107 Å². The Labute approximate surface area is 160 Å². The Morgan fingerprint density at radius 3 is 1.48 bits per heavy atom. The van der Waals surface area contributed by atoms with E-state index >= 15 is 0 Å². The van der Waals surface area contributed by atoms with Gasteiger partial charge in [-0.1, -0.05) is 84.4 Å². The summed E-state index contributed by atoms with van der Waals surface area (Å²) in [4.78, 5) is 0. The van der Waals surface area contributed by atoms with Crippen LogP contribution in [0.25, 0.3) is 11.1 Å². The molecule has 0 heteroatoms. The first kappa shape index (κ1) is 15.7. The first-order valence-corrected chi connectivity index (χ1v) is 9.34. The SMILES string of the molecule is C(#CC1C=CC=C1)c1ccc2c(c1)Cc1cc(C#CC3C=CC=C3)ccc1-2. The third-order valence-electron chi connectivity index (χ3n) is 5.14. The van der Waals surface area contributed by atoms with Crippen LogP contribution in [0.15, 0.2) is 85.0 Å². The van der Waals surface area contributed by atoms with Gasteiger partial charge in [0.15, 0.2) is 0 Å². The molecule has 0 bridgehead atoms. The van der Waals surface area contributed by atoms with Gasteiger partial charge in [0.25, 0.3) is 0 Å². The van der Waals surface area contributed by atoms with Crippen molar-refractivity contribution in [3.63, 3.8) is 0 Å². The lowest BCUT2D eigenvalue weighted by atomic mass is 10.0. The van der Waals surface area contributed by atoms with E-state index in [1.165, 1.54) is 22.3 Å². The van der Waals surface area contributed by atoms with Gasteiger partial charge in [0, 0.05) is 11.1 Å². The highest BCUT2D eigenvalue weighted by atomic mass is 14.2. The van der Waals surface area contributed by atoms with Gasteiger partial charge in [-0.2, -0.15) is 0 Å². The highest BCUT2D eigenvalue weighted by Gasteiger charge is 2.18. The standard InChI is InChI=1S/C27H18/c1-2-6-20(5-1)9-11-22-13-15-26-24(17-22)19-25-18-23(14-16-27(25)26)12-10-21-7-3-4-8-21/h1-8,13-18,20-21H,19H2. The van der Waals surface area contributed by atoms with Gasteiger partial charge in [0.1, 0.15) is 0 Å². The summed E-state index contributed by atoms with van der Waals surface area (Å²) in [6, 6.07) is 13.2. The summed E-state index contributed by atoms with van der Waals surface area (Å²) >= 11 is 0. The summed E-state index contributed by atoms with van der Waals surface area (Å²) in [7, 11) is 0. The summed E-state index contributed by atoms with van der Waals surface area (Å²) in [6.45, 7) is 0. The topological polar surface area (TPSA) is 0 Å². The molecular weight excluding hydrogens is 324 g/mol. The Kier molecular flexibility index (Phi) is 3.90. The molecule has 0 radical (unpaired) electrons. The van der Waals surface area contributed by atoms with Crippen LogP contribution in [-0.2, 0) is 6.42 Å². The minimum absolute atomic E-state index is 0.251. The summed E-state index contributed by atoms with van der Waals surface area (Å²) < 4.78 is 0. The van der Waals surface area contributed by atoms with Crippen LogP contribution in [0.2, 0.25) is 0 Å². The lowest BCUT2D eigenvalue weighted by molar-refractivity contribution is 1.15. The van der Waals surface area contributed by atoms with E-state index in [0.29, 0.717) is 0 Å². The molecule has 2 aromatic carbocycles. The van der Waals surface area contributed by atoms with Crippen molar-refractivity contribution in [2.45, 2.75) is 6.42 Å². The van der Waals surface area contributed by atoms with Gasteiger partial charge in [0.2, 0.25) is 0 Å². The third-order valence-corrected chi connectivity index (χ3v) is 5.14. The van der Waals surface area contributed by atoms with E-state index in [4.69, 9.17) is 0 Å². The summed E-state index contributed by atoms with van der Waals surface area (Å²) in [6.07, 6.45) is 17.7. The van der Waals surface area contributed by atoms with Gasteiger partial charge in [-0.25, -0.2) is 0 Å². The molecular formula is C27H18. The van der Waals surface area contributed by atoms with Crippen molar-refractivity contribution in [3.8, 4) is 34.8 Å². The largest absolute Gasteiger partial charge is 0.0861 e. The number of fused-ring (bicyclic) bond motifs is 3. The highest BCUT2D eigenvalue weighted by molar-refractivity contribution is 5.78. The van der Waals surface area contributed by atoms with Gasteiger partial charge in [-0.05, 0) is 52.9 Å². The van der Waals surface area contributed by atoms with Crippen LogP contribution in [0.1, 0.15) is 22.3 Å². The van der Waals surface area contributed by atoms with Crippen LogP contribution < -0.4 is 0 Å². The number of hydrogen-bond donors (Lipinski definition) is 0. The molecule has 0 spiro atoms. The first-order valence-electron chi connectivity index (χ1n) is 9.34. The number of benzene rings is 2. The van der Waals surface area contributed by atoms with E-state index in [9.17, 15) is 0 Å². The fourth-order valence-corrected chi connectivity index (χ4v) is 3.76. The zero-order valence-corrected chi connectivity index (χ0v) is 14.9. The predicted molar refractivity (Wildman–Crippen MR) is 112 cm³/mol. The van der Waals surface area contributed by atoms with Crippen LogP contribution in [0, 0.1) is 35.5 Å². The Morgan fingerprint density at radius 2 is 1.04 bits per heavy atom. The molecule has 2 aromatic rings. The lowest BCUT2D eigenvalue weighted by Crippen LogP contribution is -1.85. The number of rotatable bonds is 0. The second kappa shape index (κ2) is 6.68. The van der Waals surface area contributed by atoms with E-state index in [1.807, 2.05) is 0 Å². The van der Waals surface area contributed by atoms with Crippen molar-refractivity contribution in [1.29, 1.82) is 0 Å². The predicted octanol–water partition coefficient (Wildman–Crippen LogP) is 5.45. The van der Waals surface area contributed by atoms with Crippen molar-refractivity contribution < 1.29 is 0 Å². The van der Waals surface area contributed by atoms with E-state index in [0.717, 1.165) is 17.5 Å². The average Bonchev–Trinajstić information content (AvgIpc) is 3.44. The van der Waals surface area contributed by atoms with Gasteiger partial charge < -0.3 is 0 Å². The molecule has 0 nitrogen and oxygen atoms in total. The monoisotopic (exact) mass is 342 g/mol. The molecule has 0 unspecified atom stereocenters. The van der Waals surface area contributed by atoms with Crippen LogP contribution >= 0.6 is 0 Å². The number of hydrogen-bond acceptors (Lipinski definition) is 0. The van der Waals surface area contributed by atoms with E-state index in [1.54, 1.807) is 0 Å². The Bertz CT molecular complexity index is 1040. The summed E-state index contributed by atoms with van der Waals surface area (Å²) in [5.74, 6) is 13.8. The Hall–Kier alpha value is -3.48. The molecule has 3 aliphatic rings. The molecule has 0 fully saturated rings. The van der Waals surface area contributed by atoms with E-state index < -0.39 is 0 Å². The highest BCUT2D eigenvalue weighted by Crippen LogP contribution is 2.37. The van der Waals surface area contributed by atoms with Crippen molar-refractivity contribution in [1.82, 2.24) is 0 Å². The van der Waals surface area contributed by atoms with Gasteiger partial charge >= 0.3 is 0 Å². The van der Waals surface area contributed by atoms with Gasteiger partial charge in [-0.3, -0.25) is 0 Å². The van der Waals surface area contributed by atoms with Gasteiger partial charge in [0.05, 0.1) is 11.8 Å². The first-order chi connectivity index (χ1) is 13.3. The van der Waals surface area contributed by atoms with Crippen molar-refractivity contribution >= 4 is 0 Å². The minimum Gasteiger partial charge on any atom is -0.0861 e. The normalized spacial score (nSPS) is 16.0. The van der Waals surface area contributed by atoms with Crippen LogP contribution in [-0.4, -0.2) is 0 Å². The van der Waals surface area contributed by atoms with Crippen LogP contribution in [0.5, 0.6) is 0 Å². The van der Waals surface area contributed by atoms with Gasteiger partial charge in [-0.15, -0.1) is 0 Å². The molecule has 27 heavy (non-hydrogen) atoms. The van der Waals surface area contributed by atoms with Crippen LogP contribution in [0.4, 0.5) is 0 Å². The molecule has 0 aliphatic heterocycles. The minimum atomic E-state index is 0.251. The second-order valence-corrected chi connectivity index (χ2v) is 7.05. The third kappa shape index (κ3) is 3.19. The maximum Gasteiger partial charge on any atom is 0.0573 e. The maximum atomic E-state index is 3.32. The van der Waals surface area contributed by atoms with E-state index in [-0.39, 0.29) is 11.8 Å². The average molecular weight is 342 g/mol. The quantitative estimate of drug-likeness (QED) is 0.477. The molecule has 0 heterocycles. The molecule has 0 aromatic heterocycles. The lowest BCUT2D eigenvalue weighted by Gasteiger charge is -2.02. The zero-order valence-electron chi connectivity index (χ0n) is 14.9. The Balaban J connectivity index is 1.39. The number of allylic oxidation sites excluding steroid dienone is 8. The molecule has 0 N–H and O–H groups in total. The van der Waals surface area contributed by atoms with Crippen molar-refractivity contribution in [2.75, 3.05) is 0 Å². The van der Waals surface area contributed by atoms with Crippen molar-refractivity contribution in [2.24, 2.45) is 11.8 Å². The summed E-state index contributed by atoms with van der Waals surface area (Å²) in [5, 5.41) is 0. The fourth-order valence-electron chi connectivity index (χ4n) is 3.76. The summed E-state index contributed by atoms with van der Waals surface area (Å²) in [5.41, 5.74) is 7.57. The second-order valence-electron chi connectivity index (χ2n) is 7.05. The molecule has 5 rings (SSSR count). The zero-order chi connectivity index (χ0) is 18.1. The molecule has 0 atom stereocenters. The fraction of sp³-hybridized carbons (Fsp3) is 0.111. The Morgan fingerprint density at radius 1 is 0.593 bits per heavy atom. The van der Waals surface area contributed by atoms with E-state index in [2.05, 4.69) is 109 Å². The molecule has 0 saturated heterocycles.